The predicted octanol–water partition coefficient (Wildman–Crippen LogP) is 3.65. The van der Waals surface area contributed by atoms with E-state index in [1.54, 1.807) is 13.0 Å². The molecule has 0 radical (unpaired) electrons. The van der Waals surface area contributed by atoms with E-state index in [0.29, 0.717) is 5.69 Å². The zero-order chi connectivity index (χ0) is 17.1. The van der Waals surface area contributed by atoms with Gasteiger partial charge in [-0.15, -0.1) is 0 Å². The first-order valence-corrected chi connectivity index (χ1v) is 8.20. The van der Waals surface area contributed by atoms with E-state index in [1.165, 1.54) is 17.2 Å². The topological polar surface area (TPSA) is 68.5 Å². The van der Waals surface area contributed by atoms with Crippen molar-refractivity contribution in [1.29, 1.82) is 0 Å². The van der Waals surface area contributed by atoms with Crippen molar-refractivity contribution in [3.05, 3.63) is 57.3 Å². The maximum absolute atomic E-state index is 10.9. The molecule has 0 N–H and O–H groups in total. The van der Waals surface area contributed by atoms with Crippen molar-refractivity contribution in [2.45, 2.75) is 33.2 Å². The highest BCUT2D eigenvalue weighted by Gasteiger charge is 2.20. The van der Waals surface area contributed by atoms with Crippen molar-refractivity contribution in [2.75, 3.05) is 18.1 Å². The van der Waals surface area contributed by atoms with E-state index in [0.717, 1.165) is 44.1 Å². The molecule has 1 aliphatic rings. The molecule has 6 nitrogen and oxygen atoms in total. The molecule has 0 saturated carbocycles. The van der Waals surface area contributed by atoms with Crippen LogP contribution in [0.3, 0.4) is 0 Å². The molecule has 1 aromatic heterocycles. The molecule has 0 unspecified atom stereocenters. The first-order valence-electron chi connectivity index (χ1n) is 8.20. The van der Waals surface area contributed by atoms with Crippen LogP contribution in [-0.4, -0.2) is 23.1 Å². The van der Waals surface area contributed by atoms with Crippen molar-refractivity contribution in [3.8, 4) is 5.75 Å². The zero-order valence-electron chi connectivity index (χ0n) is 14.0. The molecule has 0 atom stereocenters. The van der Waals surface area contributed by atoms with Crippen molar-refractivity contribution in [2.24, 2.45) is 0 Å². The minimum atomic E-state index is -0.393. The maximum atomic E-state index is 10.9. The van der Waals surface area contributed by atoms with Gasteiger partial charge in [-0.1, -0.05) is 13.0 Å². The summed E-state index contributed by atoms with van der Waals surface area (Å²) in [6.07, 6.45) is 1.91. The zero-order valence-corrected chi connectivity index (χ0v) is 14.0. The average molecular weight is 327 g/mol. The summed E-state index contributed by atoms with van der Waals surface area (Å²) in [5, 5.41) is 10.9. The van der Waals surface area contributed by atoms with Gasteiger partial charge in [-0.2, -0.15) is 0 Å². The van der Waals surface area contributed by atoms with E-state index < -0.39 is 4.92 Å². The highest BCUT2D eigenvalue weighted by molar-refractivity contribution is 5.50. The molecule has 1 aromatic carbocycles. The highest BCUT2D eigenvalue weighted by atomic mass is 16.6. The molecular weight excluding hydrogens is 306 g/mol. The van der Waals surface area contributed by atoms with E-state index in [-0.39, 0.29) is 5.69 Å². The maximum Gasteiger partial charge on any atom is 0.290 e. The number of aromatic nitrogens is 1. The van der Waals surface area contributed by atoms with Crippen LogP contribution in [0.5, 0.6) is 5.75 Å². The van der Waals surface area contributed by atoms with Gasteiger partial charge in [-0.3, -0.25) is 10.1 Å². The minimum Gasteiger partial charge on any atom is -0.494 e. The summed E-state index contributed by atoms with van der Waals surface area (Å²) < 4.78 is 5.69. The molecule has 2 heterocycles. The number of aryl methyl sites for hydroxylation is 1. The van der Waals surface area contributed by atoms with Crippen LogP contribution >= 0.6 is 0 Å². The number of nitrogens with zero attached hydrogens (tertiary/aromatic N) is 3. The van der Waals surface area contributed by atoms with Gasteiger partial charge in [0.25, 0.3) is 5.69 Å². The Morgan fingerprint density at radius 3 is 2.83 bits per heavy atom. The fourth-order valence-electron chi connectivity index (χ4n) is 2.94. The van der Waals surface area contributed by atoms with E-state index in [2.05, 4.69) is 28.9 Å². The van der Waals surface area contributed by atoms with Crippen LogP contribution in [-0.2, 0) is 13.0 Å². The standard InChI is InChI=1S/C18H21N3O3/c1-3-10-24-16-5-4-15-12-20(9-8-14(15)11-16)18-7-6-17(21(22)23)13(2)19-18/h4-7,11H,3,8-10,12H2,1-2H3. The highest BCUT2D eigenvalue weighted by Crippen LogP contribution is 2.28. The molecule has 3 rings (SSSR count). The summed E-state index contributed by atoms with van der Waals surface area (Å²) in [6.45, 7) is 6.10. The molecule has 126 valence electrons. The van der Waals surface area contributed by atoms with Gasteiger partial charge in [0.2, 0.25) is 0 Å². The van der Waals surface area contributed by atoms with Crippen molar-refractivity contribution in [1.82, 2.24) is 4.98 Å². The lowest BCUT2D eigenvalue weighted by Gasteiger charge is -2.30. The van der Waals surface area contributed by atoms with Gasteiger partial charge in [0, 0.05) is 19.2 Å². The first-order chi connectivity index (χ1) is 11.6. The molecule has 1 aliphatic heterocycles. The van der Waals surface area contributed by atoms with Gasteiger partial charge in [-0.05, 0) is 49.1 Å². The first kappa shape index (κ1) is 16.2. The number of hydrogen-bond donors (Lipinski definition) is 0. The number of nitro groups is 1. The number of fused-ring (bicyclic) bond motifs is 1. The molecule has 0 aliphatic carbocycles. The van der Waals surface area contributed by atoms with Crippen molar-refractivity contribution >= 4 is 11.5 Å². The van der Waals surface area contributed by atoms with Gasteiger partial charge >= 0.3 is 0 Å². The lowest BCUT2D eigenvalue weighted by molar-refractivity contribution is -0.385. The Morgan fingerprint density at radius 1 is 1.29 bits per heavy atom. The smallest absolute Gasteiger partial charge is 0.290 e. The van der Waals surface area contributed by atoms with Gasteiger partial charge in [-0.25, -0.2) is 4.98 Å². The van der Waals surface area contributed by atoms with Crippen LogP contribution in [0.25, 0.3) is 0 Å². The monoisotopic (exact) mass is 327 g/mol. The molecule has 6 heteroatoms. The quantitative estimate of drug-likeness (QED) is 0.619. The summed E-state index contributed by atoms with van der Waals surface area (Å²) in [7, 11) is 0. The predicted molar refractivity (Wildman–Crippen MR) is 92.6 cm³/mol. The molecule has 0 spiro atoms. The Hall–Kier alpha value is -2.63. The van der Waals surface area contributed by atoms with Crippen LogP contribution in [0.1, 0.15) is 30.2 Å². The molecule has 0 fully saturated rings. The molecule has 0 saturated heterocycles. The third-order valence-corrected chi connectivity index (χ3v) is 4.23. The van der Waals surface area contributed by atoms with E-state index in [9.17, 15) is 10.1 Å². The van der Waals surface area contributed by atoms with Crippen LogP contribution < -0.4 is 9.64 Å². The summed E-state index contributed by atoms with van der Waals surface area (Å²) in [4.78, 5) is 17.1. The molecule has 2 aromatic rings. The second kappa shape index (κ2) is 6.86. The Balaban J connectivity index is 1.77. The fourth-order valence-corrected chi connectivity index (χ4v) is 2.94. The summed E-state index contributed by atoms with van der Waals surface area (Å²) in [5.74, 6) is 1.71. The van der Waals surface area contributed by atoms with Crippen LogP contribution in [0.15, 0.2) is 30.3 Å². The second-order valence-electron chi connectivity index (χ2n) is 5.98. The Kier molecular flexibility index (Phi) is 4.64. The van der Waals surface area contributed by atoms with Crippen molar-refractivity contribution in [3.63, 3.8) is 0 Å². The fraction of sp³-hybridized carbons (Fsp3) is 0.389. The van der Waals surface area contributed by atoms with Gasteiger partial charge in [0.05, 0.1) is 11.5 Å². The second-order valence-corrected chi connectivity index (χ2v) is 5.98. The molecular formula is C18H21N3O3. The van der Waals surface area contributed by atoms with Gasteiger partial charge in [0.15, 0.2) is 0 Å². The van der Waals surface area contributed by atoms with Crippen molar-refractivity contribution < 1.29 is 9.66 Å². The van der Waals surface area contributed by atoms with Crippen LogP contribution in [0, 0.1) is 17.0 Å². The number of benzene rings is 1. The Bertz CT molecular complexity index is 761. The lowest BCUT2D eigenvalue weighted by atomic mass is 9.99. The molecule has 0 bridgehead atoms. The number of hydrogen-bond acceptors (Lipinski definition) is 5. The van der Waals surface area contributed by atoms with E-state index in [4.69, 9.17) is 4.74 Å². The molecule has 0 amide bonds. The minimum absolute atomic E-state index is 0.0638. The Labute approximate surface area is 141 Å². The van der Waals surface area contributed by atoms with Crippen LogP contribution in [0.2, 0.25) is 0 Å². The van der Waals surface area contributed by atoms with Crippen LogP contribution in [0.4, 0.5) is 11.5 Å². The summed E-state index contributed by atoms with van der Waals surface area (Å²) >= 11 is 0. The van der Waals surface area contributed by atoms with Gasteiger partial charge in [0.1, 0.15) is 17.3 Å². The number of pyridine rings is 1. The van der Waals surface area contributed by atoms with E-state index >= 15 is 0 Å². The third-order valence-electron chi connectivity index (χ3n) is 4.23. The van der Waals surface area contributed by atoms with Gasteiger partial charge < -0.3 is 9.64 Å². The molecule has 24 heavy (non-hydrogen) atoms. The van der Waals surface area contributed by atoms with E-state index in [1.807, 2.05) is 6.07 Å². The SMILES string of the molecule is CCCOc1ccc2c(c1)CCN(c1ccc([N+](=O)[O-])c(C)n1)C2. The number of rotatable bonds is 5. The Morgan fingerprint density at radius 2 is 2.12 bits per heavy atom. The largest absolute Gasteiger partial charge is 0.494 e. The lowest BCUT2D eigenvalue weighted by Crippen LogP contribution is -2.31. The third kappa shape index (κ3) is 3.32. The number of anilines is 1. The summed E-state index contributed by atoms with van der Waals surface area (Å²) in [6, 6.07) is 9.50. The number of ether oxygens (including phenoxy) is 1. The summed E-state index contributed by atoms with van der Waals surface area (Å²) in [5.41, 5.74) is 3.07. The normalized spacial score (nSPS) is 13.5. The average Bonchev–Trinajstić information content (AvgIpc) is 2.59.